The molecule has 140 valence electrons. The third-order valence-corrected chi connectivity index (χ3v) is 5.26. The van der Waals surface area contributed by atoms with Crippen LogP contribution in [0.15, 0.2) is 58.4 Å². The highest BCUT2D eigenvalue weighted by molar-refractivity contribution is 7.99. The number of H-pyrrole nitrogens is 1. The molecule has 0 unspecified atom stereocenters. The predicted octanol–water partition coefficient (Wildman–Crippen LogP) is 3.50. The van der Waals surface area contributed by atoms with Gasteiger partial charge < -0.3 is 10.3 Å². The van der Waals surface area contributed by atoms with Crippen LogP contribution in [0.3, 0.4) is 0 Å². The molecule has 0 saturated heterocycles. The number of carbonyl (C=O) groups excluding carboxylic acids is 1. The highest BCUT2D eigenvalue weighted by Gasteiger charge is 2.36. The number of hydrogen-bond acceptors (Lipinski definition) is 6. The Balaban J connectivity index is 2.21. The molecule has 1 aliphatic heterocycles. The van der Waals surface area contributed by atoms with Gasteiger partial charge in [0.15, 0.2) is 10.9 Å². The molecule has 2 N–H and O–H groups in total. The van der Waals surface area contributed by atoms with E-state index in [0.29, 0.717) is 27.9 Å². The van der Waals surface area contributed by atoms with Crippen molar-refractivity contribution in [3.05, 3.63) is 69.9 Å². The molecule has 0 saturated carbocycles. The molecule has 0 fully saturated rings. The fraction of sp³-hybridized carbons (Fsp3) is 0.300. The molecular formula is C20H22N4O2S. The summed E-state index contributed by atoms with van der Waals surface area (Å²) < 4.78 is 0. The average molecular weight is 382 g/mol. The van der Waals surface area contributed by atoms with E-state index in [1.54, 1.807) is 18.5 Å². The van der Waals surface area contributed by atoms with Gasteiger partial charge in [0.05, 0.1) is 5.56 Å². The summed E-state index contributed by atoms with van der Waals surface area (Å²) in [6, 6.07) is 3.67. The van der Waals surface area contributed by atoms with Crippen LogP contribution >= 0.6 is 11.8 Å². The quantitative estimate of drug-likeness (QED) is 0.452. The highest BCUT2D eigenvalue weighted by atomic mass is 32.2. The number of aromatic amines is 1. The Morgan fingerprint density at radius 1 is 1.37 bits per heavy atom. The Labute approximate surface area is 162 Å². The molecule has 0 spiro atoms. The standard InChI is InChI=1S/C20H22N4O2S/c1-5-10-27-20-23-18-16(19(26)24-20)15(13-6-8-21-9-7-13)14(12(4)22-18)17(25)11(2)3/h5-9,11,15H,1,10H2,2-4H3,(H2,22,23,24,26)/t15-/m0/s1. The van der Waals surface area contributed by atoms with Crippen molar-refractivity contribution >= 4 is 23.4 Å². The number of aromatic nitrogens is 3. The molecule has 0 radical (unpaired) electrons. The largest absolute Gasteiger partial charge is 0.343 e. The van der Waals surface area contributed by atoms with E-state index in [9.17, 15) is 9.59 Å². The Morgan fingerprint density at radius 3 is 2.70 bits per heavy atom. The van der Waals surface area contributed by atoms with Crippen molar-refractivity contribution in [2.45, 2.75) is 31.8 Å². The summed E-state index contributed by atoms with van der Waals surface area (Å²) in [7, 11) is 0. The number of fused-ring (bicyclic) bond motifs is 1. The first-order chi connectivity index (χ1) is 12.9. The second kappa shape index (κ2) is 7.92. The minimum atomic E-state index is -0.478. The van der Waals surface area contributed by atoms with Crippen molar-refractivity contribution in [1.29, 1.82) is 0 Å². The molecule has 0 amide bonds. The SMILES string of the molecule is C=CCSc1nc2c(c(=O)[nH]1)[C@@H](c1ccncc1)C(C(=O)C(C)C)=C(C)N2. The lowest BCUT2D eigenvalue weighted by atomic mass is 9.79. The van der Waals surface area contributed by atoms with Crippen molar-refractivity contribution in [1.82, 2.24) is 15.0 Å². The van der Waals surface area contributed by atoms with E-state index in [1.807, 2.05) is 32.9 Å². The van der Waals surface area contributed by atoms with Crippen molar-refractivity contribution in [3.8, 4) is 0 Å². The zero-order valence-electron chi connectivity index (χ0n) is 15.6. The van der Waals surface area contributed by atoms with E-state index < -0.39 is 5.92 Å². The molecule has 1 atom stereocenters. The maximum absolute atomic E-state index is 13.0. The summed E-state index contributed by atoms with van der Waals surface area (Å²) in [4.78, 5) is 37.4. The Kier molecular flexibility index (Phi) is 5.60. The molecule has 6 nitrogen and oxygen atoms in total. The third kappa shape index (κ3) is 3.73. The minimum absolute atomic E-state index is 0.0111. The fourth-order valence-corrected chi connectivity index (χ4v) is 3.76. The third-order valence-electron chi connectivity index (χ3n) is 4.39. The van der Waals surface area contributed by atoms with Crippen LogP contribution in [0, 0.1) is 5.92 Å². The summed E-state index contributed by atoms with van der Waals surface area (Å²) in [5, 5.41) is 3.70. The van der Waals surface area contributed by atoms with Gasteiger partial charge in [0, 0.05) is 41.3 Å². The number of ketones is 1. The molecule has 3 rings (SSSR count). The van der Waals surface area contributed by atoms with Gasteiger partial charge in [0.2, 0.25) is 0 Å². The van der Waals surface area contributed by atoms with Gasteiger partial charge in [-0.3, -0.25) is 14.6 Å². The molecule has 27 heavy (non-hydrogen) atoms. The predicted molar refractivity (Wildman–Crippen MR) is 108 cm³/mol. The number of rotatable bonds is 6. The molecule has 1 aliphatic rings. The zero-order chi connectivity index (χ0) is 19.6. The van der Waals surface area contributed by atoms with Crippen molar-refractivity contribution in [2.24, 2.45) is 5.92 Å². The number of allylic oxidation sites excluding steroid dienone is 2. The summed E-state index contributed by atoms with van der Waals surface area (Å²) in [6.45, 7) is 9.26. The van der Waals surface area contributed by atoms with E-state index in [0.717, 1.165) is 11.3 Å². The second-order valence-corrected chi connectivity index (χ2v) is 7.64. The van der Waals surface area contributed by atoms with E-state index in [4.69, 9.17) is 0 Å². The van der Waals surface area contributed by atoms with E-state index in [-0.39, 0.29) is 17.3 Å². The number of carbonyl (C=O) groups is 1. The lowest BCUT2D eigenvalue weighted by Gasteiger charge is -2.30. The number of nitrogens with zero attached hydrogens (tertiary/aromatic N) is 2. The van der Waals surface area contributed by atoms with Gasteiger partial charge in [0.25, 0.3) is 5.56 Å². The summed E-state index contributed by atoms with van der Waals surface area (Å²) in [5.74, 6) is 0.481. The zero-order valence-corrected chi connectivity index (χ0v) is 16.4. The number of nitrogens with one attached hydrogen (secondary N) is 2. The molecule has 2 aromatic rings. The topological polar surface area (TPSA) is 87.7 Å². The lowest BCUT2D eigenvalue weighted by Crippen LogP contribution is -2.31. The molecular weight excluding hydrogens is 360 g/mol. The van der Waals surface area contributed by atoms with Crippen LogP contribution in [-0.2, 0) is 4.79 Å². The van der Waals surface area contributed by atoms with Gasteiger partial charge in [-0.15, -0.1) is 6.58 Å². The van der Waals surface area contributed by atoms with Gasteiger partial charge in [-0.25, -0.2) is 4.98 Å². The maximum Gasteiger partial charge on any atom is 0.257 e. The Morgan fingerprint density at radius 2 is 2.07 bits per heavy atom. The van der Waals surface area contributed by atoms with E-state index in [1.165, 1.54) is 11.8 Å². The average Bonchev–Trinajstić information content (AvgIpc) is 2.65. The highest BCUT2D eigenvalue weighted by Crippen LogP contribution is 2.40. The van der Waals surface area contributed by atoms with Crippen LogP contribution in [0.25, 0.3) is 0 Å². The van der Waals surface area contributed by atoms with Crippen LogP contribution in [0.5, 0.6) is 0 Å². The van der Waals surface area contributed by atoms with E-state index >= 15 is 0 Å². The van der Waals surface area contributed by atoms with Crippen LogP contribution in [-0.4, -0.2) is 26.5 Å². The van der Waals surface area contributed by atoms with E-state index in [2.05, 4.69) is 26.8 Å². The molecule has 0 bridgehead atoms. The van der Waals surface area contributed by atoms with Crippen LogP contribution in [0.4, 0.5) is 5.82 Å². The molecule has 7 heteroatoms. The molecule has 0 aromatic carbocycles. The normalized spacial score (nSPS) is 16.1. The number of Topliss-reactive ketones (excluding diaryl/α,β-unsaturated/α-hetero) is 1. The second-order valence-electron chi connectivity index (χ2n) is 6.63. The van der Waals surface area contributed by atoms with Gasteiger partial charge in [-0.05, 0) is 24.6 Å². The van der Waals surface area contributed by atoms with Crippen LogP contribution in [0.2, 0.25) is 0 Å². The first-order valence-electron chi connectivity index (χ1n) is 8.73. The number of thioether (sulfide) groups is 1. The van der Waals surface area contributed by atoms with Crippen LogP contribution in [0.1, 0.15) is 37.8 Å². The maximum atomic E-state index is 13.0. The van der Waals surface area contributed by atoms with Crippen LogP contribution < -0.4 is 10.9 Å². The number of anilines is 1. The first kappa shape index (κ1) is 19.1. The van der Waals surface area contributed by atoms with Gasteiger partial charge in [-0.2, -0.15) is 0 Å². The first-order valence-corrected chi connectivity index (χ1v) is 9.72. The molecule has 0 aliphatic carbocycles. The Hall–Kier alpha value is -2.67. The molecule has 3 heterocycles. The summed E-state index contributed by atoms with van der Waals surface area (Å²) in [5.41, 5.74) is 2.37. The smallest absolute Gasteiger partial charge is 0.257 e. The summed E-state index contributed by atoms with van der Waals surface area (Å²) in [6.07, 6.45) is 5.08. The lowest BCUT2D eigenvalue weighted by molar-refractivity contribution is -0.118. The van der Waals surface area contributed by atoms with Gasteiger partial charge in [-0.1, -0.05) is 31.7 Å². The molecule has 2 aromatic heterocycles. The number of pyridine rings is 1. The van der Waals surface area contributed by atoms with Gasteiger partial charge >= 0.3 is 0 Å². The summed E-state index contributed by atoms with van der Waals surface area (Å²) >= 11 is 1.40. The monoisotopic (exact) mass is 382 g/mol. The fourth-order valence-electron chi connectivity index (χ4n) is 3.16. The minimum Gasteiger partial charge on any atom is -0.343 e. The van der Waals surface area contributed by atoms with Gasteiger partial charge in [0.1, 0.15) is 5.82 Å². The Bertz CT molecular complexity index is 964. The van der Waals surface area contributed by atoms with Crippen molar-refractivity contribution < 1.29 is 4.79 Å². The number of hydrogen-bond donors (Lipinski definition) is 2. The van der Waals surface area contributed by atoms with Crippen molar-refractivity contribution in [2.75, 3.05) is 11.1 Å². The van der Waals surface area contributed by atoms with Crippen molar-refractivity contribution in [3.63, 3.8) is 0 Å².